The average Bonchev–Trinajstić information content (AvgIpc) is 2.83. The van der Waals surface area contributed by atoms with Crippen LogP contribution >= 0.6 is 0 Å². The molecule has 2 rings (SSSR count). The van der Waals surface area contributed by atoms with Crippen LogP contribution in [0, 0.1) is 0 Å². The molecule has 1 aromatic heterocycles. The fourth-order valence-electron chi connectivity index (χ4n) is 2.05. The Balaban J connectivity index is 1.79. The summed E-state index contributed by atoms with van der Waals surface area (Å²) in [5.41, 5.74) is 1.11. The van der Waals surface area contributed by atoms with Crippen LogP contribution in [0.5, 0.6) is 5.88 Å². The number of rotatable bonds is 5. The van der Waals surface area contributed by atoms with Gasteiger partial charge in [-0.05, 0) is 25.5 Å². The van der Waals surface area contributed by atoms with Gasteiger partial charge < -0.3 is 15.4 Å². The van der Waals surface area contributed by atoms with E-state index < -0.39 is 0 Å². The lowest BCUT2D eigenvalue weighted by molar-refractivity contribution is 0.389. The van der Waals surface area contributed by atoms with Crippen LogP contribution in [0.2, 0.25) is 0 Å². The fourth-order valence-corrected chi connectivity index (χ4v) is 2.05. The molecule has 0 amide bonds. The van der Waals surface area contributed by atoms with E-state index in [9.17, 15) is 0 Å². The van der Waals surface area contributed by atoms with E-state index in [1.165, 1.54) is 12.8 Å². The Hall–Kier alpha value is -1.13. The molecule has 2 heterocycles. The number of aromatic nitrogens is 1. The molecule has 1 atom stereocenters. The molecule has 16 heavy (non-hydrogen) atoms. The molecule has 2 N–H and O–H groups in total. The SMILES string of the molecule is COc1ncccc1CNCC1CCCN1. The molecule has 4 nitrogen and oxygen atoms in total. The molecule has 88 valence electrons. The Morgan fingerprint density at radius 3 is 3.31 bits per heavy atom. The van der Waals surface area contributed by atoms with Gasteiger partial charge in [-0.1, -0.05) is 6.07 Å². The summed E-state index contributed by atoms with van der Waals surface area (Å²) in [4.78, 5) is 4.17. The molecular weight excluding hydrogens is 202 g/mol. The average molecular weight is 221 g/mol. The van der Waals surface area contributed by atoms with Crippen molar-refractivity contribution in [1.29, 1.82) is 0 Å². The van der Waals surface area contributed by atoms with Crippen LogP contribution in [0.3, 0.4) is 0 Å². The second-order valence-electron chi connectivity index (χ2n) is 4.10. The van der Waals surface area contributed by atoms with Gasteiger partial charge in [-0.2, -0.15) is 0 Å². The smallest absolute Gasteiger partial charge is 0.217 e. The molecule has 1 aliphatic heterocycles. The first-order valence-electron chi connectivity index (χ1n) is 5.82. The lowest BCUT2D eigenvalue weighted by Crippen LogP contribution is -2.33. The van der Waals surface area contributed by atoms with E-state index in [2.05, 4.69) is 15.6 Å². The zero-order chi connectivity index (χ0) is 11.2. The number of methoxy groups -OCH3 is 1. The van der Waals surface area contributed by atoms with Crippen molar-refractivity contribution in [2.45, 2.75) is 25.4 Å². The van der Waals surface area contributed by atoms with Gasteiger partial charge in [-0.3, -0.25) is 0 Å². The third-order valence-electron chi connectivity index (χ3n) is 2.91. The summed E-state index contributed by atoms with van der Waals surface area (Å²) in [6.45, 7) is 2.98. The first-order valence-corrected chi connectivity index (χ1v) is 5.82. The second kappa shape index (κ2) is 5.82. The minimum Gasteiger partial charge on any atom is -0.481 e. The zero-order valence-electron chi connectivity index (χ0n) is 9.70. The molecule has 1 saturated heterocycles. The van der Waals surface area contributed by atoms with Crippen molar-refractivity contribution in [3.05, 3.63) is 23.9 Å². The Labute approximate surface area is 96.4 Å². The summed E-state index contributed by atoms with van der Waals surface area (Å²) in [7, 11) is 1.66. The van der Waals surface area contributed by atoms with E-state index in [0.717, 1.165) is 31.1 Å². The third kappa shape index (κ3) is 2.93. The normalized spacial score (nSPS) is 19.9. The quantitative estimate of drug-likeness (QED) is 0.776. The highest BCUT2D eigenvalue weighted by Crippen LogP contribution is 2.13. The molecule has 4 heteroatoms. The highest BCUT2D eigenvalue weighted by molar-refractivity contribution is 5.24. The van der Waals surface area contributed by atoms with Gasteiger partial charge in [0.05, 0.1) is 7.11 Å². The van der Waals surface area contributed by atoms with Crippen LogP contribution in [-0.2, 0) is 6.54 Å². The summed E-state index contributed by atoms with van der Waals surface area (Å²) < 4.78 is 5.20. The molecular formula is C12H19N3O. The topological polar surface area (TPSA) is 46.2 Å². The maximum absolute atomic E-state index is 5.20. The molecule has 0 aromatic carbocycles. The minimum absolute atomic E-state index is 0.627. The van der Waals surface area contributed by atoms with Gasteiger partial charge in [0.1, 0.15) is 0 Å². The van der Waals surface area contributed by atoms with Gasteiger partial charge in [0.25, 0.3) is 0 Å². The molecule has 0 saturated carbocycles. The second-order valence-corrected chi connectivity index (χ2v) is 4.10. The fraction of sp³-hybridized carbons (Fsp3) is 0.583. The van der Waals surface area contributed by atoms with Crippen molar-refractivity contribution < 1.29 is 4.74 Å². The summed E-state index contributed by atoms with van der Waals surface area (Å²) in [6, 6.07) is 4.61. The van der Waals surface area contributed by atoms with Crippen LogP contribution in [0.4, 0.5) is 0 Å². The Morgan fingerprint density at radius 1 is 1.62 bits per heavy atom. The van der Waals surface area contributed by atoms with Crippen molar-refractivity contribution in [2.75, 3.05) is 20.2 Å². The van der Waals surface area contributed by atoms with Crippen LogP contribution in [0.1, 0.15) is 18.4 Å². The molecule has 0 aliphatic carbocycles. The lowest BCUT2D eigenvalue weighted by Gasteiger charge is -2.12. The Bertz CT molecular complexity index is 324. The van der Waals surface area contributed by atoms with E-state index in [-0.39, 0.29) is 0 Å². The van der Waals surface area contributed by atoms with Crippen LogP contribution < -0.4 is 15.4 Å². The van der Waals surface area contributed by atoms with Gasteiger partial charge in [0.2, 0.25) is 5.88 Å². The van der Waals surface area contributed by atoms with Gasteiger partial charge in [0, 0.05) is 30.9 Å². The number of hydrogen-bond donors (Lipinski definition) is 2. The Morgan fingerprint density at radius 2 is 2.56 bits per heavy atom. The van der Waals surface area contributed by atoms with E-state index in [1.54, 1.807) is 13.3 Å². The van der Waals surface area contributed by atoms with Crippen molar-refractivity contribution in [3.63, 3.8) is 0 Å². The number of ether oxygens (including phenoxy) is 1. The molecule has 0 bridgehead atoms. The summed E-state index contributed by atoms with van der Waals surface area (Å²) in [6.07, 6.45) is 4.32. The summed E-state index contributed by atoms with van der Waals surface area (Å²) in [5, 5.41) is 6.90. The van der Waals surface area contributed by atoms with Crippen LogP contribution in [0.15, 0.2) is 18.3 Å². The minimum atomic E-state index is 0.627. The molecule has 0 spiro atoms. The van der Waals surface area contributed by atoms with Gasteiger partial charge in [-0.15, -0.1) is 0 Å². The summed E-state index contributed by atoms with van der Waals surface area (Å²) in [5.74, 6) is 0.717. The maximum Gasteiger partial charge on any atom is 0.217 e. The van der Waals surface area contributed by atoms with Crippen LogP contribution in [-0.4, -0.2) is 31.2 Å². The number of pyridine rings is 1. The van der Waals surface area contributed by atoms with Crippen molar-refractivity contribution >= 4 is 0 Å². The highest BCUT2D eigenvalue weighted by atomic mass is 16.5. The summed E-state index contributed by atoms with van der Waals surface area (Å²) >= 11 is 0. The van der Waals surface area contributed by atoms with Gasteiger partial charge >= 0.3 is 0 Å². The maximum atomic E-state index is 5.20. The largest absolute Gasteiger partial charge is 0.481 e. The van der Waals surface area contributed by atoms with Gasteiger partial charge in [0.15, 0.2) is 0 Å². The first-order chi connectivity index (χ1) is 7.90. The monoisotopic (exact) mass is 221 g/mol. The van der Waals surface area contributed by atoms with E-state index in [1.807, 2.05) is 12.1 Å². The predicted molar refractivity (Wildman–Crippen MR) is 63.5 cm³/mol. The predicted octanol–water partition coefficient (Wildman–Crippen LogP) is 0.932. The van der Waals surface area contributed by atoms with E-state index in [0.29, 0.717) is 6.04 Å². The number of hydrogen-bond acceptors (Lipinski definition) is 4. The standard InChI is InChI=1S/C12H19N3O/c1-16-12-10(4-2-7-15-12)8-13-9-11-5-3-6-14-11/h2,4,7,11,13-14H,3,5-6,8-9H2,1H3. The third-order valence-corrected chi connectivity index (χ3v) is 2.91. The van der Waals surface area contributed by atoms with Gasteiger partial charge in [-0.25, -0.2) is 4.98 Å². The van der Waals surface area contributed by atoms with Crippen molar-refractivity contribution in [3.8, 4) is 5.88 Å². The van der Waals surface area contributed by atoms with Crippen molar-refractivity contribution in [1.82, 2.24) is 15.6 Å². The van der Waals surface area contributed by atoms with E-state index >= 15 is 0 Å². The molecule has 1 aromatic rings. The zero-order valence-corrected chi connectivity index (χ0v) is 9.70. The van der Waals surface area contributed by atoms with Crippen LogP contribution in [0.25, 0.3) is 0 Å². The first kappa shape index (κ1) is 11.4. The Kier molecular flexibility index (Phi) is 4.13. The van der Waals surface area contributed by atoms with Crippen molar-refractivity contribution in [2.24, 2.45) is 0 Å². The number of nitrogens with one attached hydrogen (secondary N) is 2. The molecule has 1 aliphatic rings. The molecule has 1 fully saturated rings. The highest BCUT2D eigenvalue weighted by Gasteiger charge is 2.13. The van der Waals surface area contributed by atoms with E-state index in [4.69, 9.17) is 4.74 Å². The molecule has 0 radical (unpaired) electrons. The molecule has 1 unspecified atom stereocenters. The lowest BCUT2D eigenvalue weighted by atomic mass is 10.2. The number of nitrogens with zero attached hydrogens (tertiary/aromatic N) is 1.